The number of aliphatic hydroxyl groups excluding tert-OH is 1. The number of hydrogen-bond donors (Lipinski definition) is 3. The van der Waals surface area contributed by atoms with Gasteiger partial charge in [0.2, 0.25) is 0 Å². The Hall–Kier alpha value is -1.94. The molecule has 95 heavy (non-hydrogen) atoms. The largest absolute Gasteiger partial charge is 0.472 e. The highest BCUT2D eigenvalue weighted by Crippen LogP contribution is 2.45. The molecule has 17 nitrogen and oxygen atoms in total. The minimum absolute atomic E-state index is 0.106. The number of hydrogen-bond acceptors (Lipinski definition) is 15. The summed E-state index contributed by atoms with van der Waals surface area (Å²) in [6.45, 7) is 14.2. The number of ether oxygens (including phenoxy) is 4. The maximum absolute atomic E-state index is 13.1. The van der Waals surface area contributed by atoms with Crippen molar-refractivity contribution >= 4 is 39.5 Å². The number of carbonyl (C=O) groups is 4. The van der Waals surface area contributed by atoms with Crippen molar-refractivity contribution in [3.05, 3.63) is 0 Å². The molecule has 0 amide bonds. The van der Waals surface area contributed by atoms with Gasteiger partial charge >= 0.3 is 39.5 Å². The Morgan fingerprint density at radius 2 is 0.505 bits per heavy atom. The second-order valence-corrected chi connectivity index (χ2v) is 31.7. The Bertz CT molecular complexity index is 1870. The molecule has 7 atom stereocenters. The summed E-state index contributed by atoms with van der Waals surface area (Å²) in [6, 6.07) is 0. The lowest BCUT2D eigenvalue weighted by molar-refractivity contribution is -0.161. The van der Waals surface area contributed by atoms with E-state index >= 15 is 0 Å². The molecule has 0 aromatic rings. The molecule has 0 aliphatic heterocycles. The zero-order valence-electron chi connectivity index (χ0n) is 62.3. The smallest absolute Gasteiger partial charge is 0.462 e. The predicted molar refractivity (Wildman–Crippen MR) is 386 cm³/mol. The van der Waals surface area contributed by atoms with Gasteiger partial charge in [-0.05, 0) is 49.4 Å². The van der Waals surface area contributed by atoms with Crippen LogP contribution in [0.1, 0.15) is 383 Å². The van der Waals surface area contributed by atoms with E-state index in [1.165, 1.54) is 173 Å². The van der Waals surface area contributed by atoms with Gasteiger partial charge in [-0.15, -0.1) is 0 Å². The second-order valence-electron chi connectivity index (χ2n) is 28.8. The normalized spacial score (nSPS) is 14.7. The fraction of sp³-hybridized carbons (Fsp3) is 0.947. The van der Waals surface area contributed by atoms with Crippen LogP contribution in [-0.4, -0.2) is 96.7 Å². The molecular weight excluding hydrogens is 1250 g/mol. The van der Waals surface area contributed by atoms with Crippen molar-refractivity contribution in [3.63, 3.8) is 0 Å². The number of aliphatic hydroxyl groups is 1. The highest BCUT2D eigenvalue weighted by molar-refractivity contribution is 7.47. The van der Waals surface area contributed by atoms with Gasteiger partial charge in [-0.2, -0.15) is 0 Å². The lowest BCUT2D eigenvalue weighted by atomic mass is 9.99. The molecule has 0 radical (unpaired) electrons. The molecule has 0 saturated carbocycles. The molecule has 0 heterocycles. The molecule has 0 aliphatic rings. The van der Waals surface area contributed by atoms with Gasteiger partial charge in [-0.25, -0.2) is 9.13 Å². The van der Waals surface area contributed by atoms with Crippen LogP contribution in [0.15, 0.2) is 0 Å². The number of phosphoric ester groups is 2. The summed E-state index contributed by atoms with van der Waals surface area (Å²) in [6.07, 6.45) is 50.0. The maximum atomic E-state index is 13.1. The highest BCUT2D eigenvalue weighted by Gasteiger charge is 2.30. The van der Waals surface area contributed by atoms with E-state index in [0.29, 0.717) is 31.6 Å². The van der Waals surface area contributed by atoms with Crippen molar-refractivity contribution < 1.29 is 80.2 Å². The topological polar surface area (TPSA) is 237 Å². The quantitative estimate of drug-likeness (QED) is 0.0222. The molecule has 4 unspecified atom stereocenters. The number of rotatable bonds is 73. The highest BCUT2D eigenvalue weighted by atomic mass is 31.2. The summed E-state index contributed by atoms with van der Waals surface area (Å²) >= 11 is 0. The Morgan fingerprint density at radius 3 is 0.747 bits per heavy atom. The first-order valence-electron chi connectivity index (χ1n) is 39.3. The van der Waals surface area contributed by atoms with E-state index in [9.17, 15) is 43.2 Å². The average Bonchev–Trinajstić information content (AvgIpc) is 1.47. The van der Waals surface area contributed by atoms with Crippen molar-refractivity contribution in [2.75, 3.05) is 39.6 Å². The molecule has 3 N–H and O–H groups in total. The molecular formula is C76H148O17P2. The zero-order chi connectivity index (χ0) is 70.3. The van der Waals surface area contributed by atoms with Crippen molar-refractivity contribution in [3.8, 4) is 0 Å². The van der Waals surface area contributed by atoms with E-state index in [2.05, 4.69) is 55.4 Å². The summed E-state index contributed by atoms with van der Waals surface area (Å²) in [5.41, 5.74) is 0. The Morgan fingerprint density at radius 1 is 0.295 bits per heavy atom. The number of unbranched alkanes of at least 4 members (excludes halogenated alkanes) is 37. The summed E-state index contributed by atoms with van der Waals surface area (Å²) in [5, 5.41) is 10.6. The summed E-state index contributed by atoms with van der Waals surface area (Å²) in [5.74, 6) is 0.954. The number of carbonyl (C=O) groups excluding carboxylic acids is 4. The van der Waals surface area contributed by atoms with Gasteiger partial charge in [0.05, 0.1) is 26.4 Å². The van der Waals surface area contributed by atoms with Crippen molar-refractivity contribution in [2.45, 2.75) is 401 Å². The summed E-state index contributed by atoms with van der Waals surface area (Å²) < 4.78 is 68.5. The van der Waals surface area contributed by atoms with E-state index in [1.54, 1.807) is 0 Å². The van der Waals surface area contributed by atoms with E-state index < -0.39 is 97.5 Å². The molecule has 564 valence electrons. The van der Waals surface area contributed by atoms with Gasteiger partial charge in [0.15, 0.2) is 12.2 Å². The molecule has 0 saturated heterocycles. The minimum atomic E-state index is -4.96. The average molecular weight is 1400 g/mol. The molecule has 0 bridgehead atoms. The lowest BCUT2D eigenvalue weighted by Gasteiger charge is -2.21. The van der Waals surface area contributed by atoms with Crippen LogP contribution < -0.4 is 0 Å². The van der Waals surface area contributed by atoms with Gasteiger partial charge in [0.1, 0.15) is 19.3 Å². The van der Waals surface area contributed by atoms with Crippen molar-refractivity contribution in [1.82, 2.24) is 0 Å². The third-order valence-corrected chi connectivity index (χ3v) is 20.2. The Labute approximate surface area is 581 Å². The van der Waals surface area contributed by atoms with Crippen LogP contribution in [0.25, 0.3) is 0 Å². The number of esters is 4. The molecule has 0 aromatic heterocycles. The first kappa shape index (κ1) is 93.1. The van der Waals surface area contributed by atoms with Crippen LogP contribution >= 0.6 is 15.6 Å². The van der Waals surface area contributed by atoms with E-state index in [0.717, 1.165) is 120 Å². The van der Waals surface area contributed by atoms with E-state index in [-0.39, 0.29) is 25.7 Å². The second kappa shape index (κ2) is 65.4. The van der Waals surface area contributed by atoms with Crippen LogP contribution in [-0.2, 0) is 65.4 Å². The summed E-state index contributed by atoms with van der Waals surface area (Å²) in [4.78, 5) is 72.8. The molecule has 0 aromatic carbocycles. The molecule has 0 fully saturated rings. The minimum Gasteiger partial charge on any atom is -0.462 e. The third-order valence-electron chi connectivity index (χ3n) is 18.3. The number of phosphoric acid groups is 2. The van der Waals surface area contributed by atoms with Crippen molar-refractivity contribution in [2.24, 2.45) is 23.7 Å². The molecule has 0 aliphatic carbocycles. The molecule has 0 rings (SSSR count). The first-order valence-corrected chi connectivity index (χ1v) is 42.3. The van der Waals surface area contributed by atoms with Crippen LogP contribution in [0.3, 0.4) is 0 Å². The zero-order valence-corrected chi connectivity index (χ0v) is 64.1. The Balaban J connectivity index is 5.22. The van der Waals surface area contributed by atoms with Gasteiger partial charge < -0.3 is 33.8 Å². The van der Waals surface area contributed by atoms with Gasteiger partial charge in [-0.1, -0.05) is 331 Å². The fourth-order valence-corrected chi connectivity index (χ4v) is 13.1. The van der Waals surface area contributed by atoms with E-state index in [4.69, 9.17) is 37.0 Å². The monoisotopic (exact) mass is 1400 g/mol. The molecule has 0 spiro atoms. The van der Waals surface area contributed by atoms with Gasteiger partial charge in [0.25, 0.3) is 0 Å². The van der Waals surface area contributed by atoms with Crippen LogP contribution in [0, 0.1) is 23.7 Å². The standard InChI is InChI=1S/C76H148O17P2/c1-9-68(7)54-46-38-30-24-20-16-12-14-18-22-26-32-43-51-59-76(81)93-72(63-87-74(79)57-49-41-35-34-39-47-55-69(8)10-2)65-91-95(84,85)89-61-70(77)60-88-94(82,83)90-64-71(62-86-73(78)56-48-40-33-27-29-37-45-53-67(5)6)92-75(80)58-50-42-31-25-21-17-13-11-15-19-23-28-36-44-52-66(3)4/h66-72,77H,9-65H2,1-8H3,(H,82,83)(H,84,85)/t68?,69?,70-,71-,72-/m1/s1. The predicted octanol–water partition coefficient (Wildman–Crippen LogP) is 22.0. The fourth-order valence-electron chi connectivity index (χ4n) is 11.5. The van der Waals surface area contributed by atoms with Crippen LogP contribution in [0.4, 0.5) is 0 Å². The van der Waals surface area contributed by atoms with Gasteiger partial charge in [-0.3, -0.25) is 37.3 Å². The van der Waals surface area contributed by atoms with Crippen LogP contribution in [0.2, 0.25) is 0 Å². The van der Waals surface area contributed by atoms with E-state index in [1.807, 2.05) is 0 Å². The van der Waals surface area contributed by atoms with Gasteiger partial charge in [0, 0.05) is 25.7 Å². The molecule has 19 heteroatoms. The maximum Gasteiger partial charge on any atom is 0.472 e. The lowest BCUT2D eigenvalue weighted by Crippen LogP contribution is -2.30. The SMILES string of the molecule is CCC(C)CCCCCCCCCCCCCCCCC(=O)O[C@H](COC(=O)CCCCCCCCC(C)CC)COP(=O)(O)OC[C@H](O)COP(=O)(O)OC[C@@H](COC(=O)CCCCCCCCCC(C)C)OC(=O)CCCCCCCCCCCCCCCCC(C)C. The Kier molecular flexibility index (Phi) is 64.0. The third kappa shape index (κ3) is 67.6. The van der Waals surface area contributed by atoms with Crippen molar-refractivity contribution in [1.29, 1.82) is 0 Å². The summed E-state index contributed by atoms with van der Waals surface area (Å²) in [7, 11) is -9.91. The first-order chi connectivity index (χ1) is 45.7. The van der Waals surface area contributed by atoms with Crippen LogP contribution in [0.5, 0.6) is 0 Å².